The van der Waals surface area contributed by atoms with Gasteiger partial charge in [0.05, 0.1) is 11.4 Å². The average molecular weight is 228 g/mol. The molecule has 0 aliphatic heterocycles. The molecule has 17 heavy (non-hydrogen) atoms. The third-order valence-corrected chi connectivity index (χ3v) is 2.24. The van der Waals surface area contributed by atoms with Crippen LogP contribution >= 0.6 is 0 Å². The van der Waals surface area contributed by atoms with Crippen molar-refractivity contribution in [2.75, 3.05) is 0 Å². The molecular formula is C13H12N2O2. The van der Waals surface area contributed by atoms with Gasteiger partial charge in [-0.05, 0) is 12.1 Å². The van der Waals surface area contributed by atoms with Crippen LogP contribution in [0.3, 0.4) is 0 Å². The fourth-order valence-corrected chi connectivity index (χ4v) is 1.47. The minimum absolute atomic E-state index is 0.0933. The highest BCUT2D eigenvalue weighted by Gasteiger charge is 2.02. The molecular weight excluding hydrogens is 216 g/mol. The van der Waals surface area contributed by atoms with E-state index < -0.39 is 6.09 Å². The van der Waals surface area contributed by atoms with Crippen LogP contribution < -0.4 is 5.73 Å². The van der Waals surface area contributed by atoms with Crippen molar-refractivity contribution in [1.29, 1.82) is 0 Å². The summed E-state index contributed by atoms with van der Waals surface area (Å²) in [5.74, 6) is 0. The predicted octanol–water partition coefficient (Wildman–Crippen LogP) is 2.34. The van der Waals surface area contributed by atoms with E-state index >= 15 is 0 Å². The van der Waals surface area contributed by atoms with Crippen molar-refractivity contribution in [3.63, 3.8) is 0 Å². The van der Waals surface area contributed by atoms with Gasteiger partial charge < -0.3 is 10.5 Å². The first-order valence-electron chi connectivity index (χ1n) is 5.19. The molecule has 1 heterocycles. The highest BCUT2D eigenvalue weighted by molar-refractivity contribution is 5.64. The van der Waals surface area contributed by atoms with Crippen LogP contribution in [0.4, 0.5) is 4.79 Å². The maximum atomic E-state index is 10.5. The molecule has 0 bridgehead atoms. The molecule has 0 atom stereocenters. The summed E-state index contributed by atoms with van der Waals surface area (Å²) in [5.41, 5.74) is 7.44. The summed E-state index contributed by atoms with van der Waals surface area (Å²) in [7, 11) is 0. The molecule has 1 aromatic heterocycles. The number of primary amides is 1. The zero-order valence-electron chi connectivity index (χ0n) is 9.17. The third-order valence-electron chi connectivity index (χ3n) is 2.24. The van der Waals surface area contributed by atoms with Crippen molar-refractivity contribution < 1.29 is 9.53 Å². The number of hydrogen-bond acceptors (Lipinski definition) is 3. The highest BCUT2D eigenvalue weighted by Crippen LogP contribution is 2.16. The Morgan fingerprint density at radius 2 is 1.88 bits per heavy atom. The first kappa shape index (κ1) is 11.1. The van der Waals surface area contributed by atoms with E-state index in [2.05, 4.69) is 4.98 Å². The van der Waals surface area contributed by atoms with Crippen LogP contribution in [-0.4, -0.2) is 11.1 Å². The molecule has 0 unspecified atom stereocenters. The number of amides is 1. The summed E-state index contributed by atoms with van der Waals surface area (Å²) in [6.07, 6.45) is -0.795. The number of hydrogen-bond donors (Lipinski definition) is 1. The second kappa shape index (κ2) is 5.12. The Labute approximate surface area is 99.1 Å². The largest absolute Gasteiger partial charge is 0.443 e. The van der Waals surface area contributed by atoms with Gasteiger partial charge in [-0.25, -0.2) is 9.78 Å². The average Bonchev–Trinajstić information content (AvgIpc) is 2.38. The van der Waals surface area contributed by atoms with Crippen molar-refractivity contribution >= 4 is 6.09 Å². The van der Waals surface area contributed by atoms with Crippen LogP contribution in [0.25, 0.3) is 11.3 Å². The standard InChI is InChI=1S/C13H12N2O2/c14-13(16)17-9-11-7-4-8-12(15-11)10-5-2-1-3-6-10/h1-8H,9H2,(H2,14,16). The molecule has 4 heteroatoms. The molecule has 0 spiro atoms. The number of carbonyl (C=O) groups excluding carboxylic acids is 1. The Hall–Kier alpha value is -2.36. The van der Waals surface area contributed by atoms with Crippen molar-refractivity contribution in [3.8, 4) is 11.3 Å². The molecule has 0 aliphatic rings. The van der Waals surface area contributed by atoms with Gasteiger partial charge in [-0.1, -0.05) is 36.4 Å². The normalized spacial score (nSPS) is 9.88. The summed E-state index contributed by atoms with van der Waals surface area (Å²) in [6, 6.07) is 15.4. The smallest absolute Gasteiger partial charge is 0.404 e. The van der Waals surface area contributed by atoms with Crippen LogP contribution in [0.2, 0.25) is 0 Å². The van der Waals surface area contributed by atoms with E-state index in [1.54, 1.807) is 6.07 Å². The van der Waals surface area contributed by atoms with Crippen LogP contribution in [0.5, 0.6) is 0 Å². The second-order valence-electron chi connectivity index (χ2n) is 3.49. The fourth-order valence-electron chi connectivity index (χ4n) is 1.47. The second-order valence-corrected chi connectivity index (χ2v) is 3.49. The third kappa shape index (κ3) is 3.04. The molecule has 2 N–H and O–H groups in total. The first-order valence-corrected chi connectivity index (χ1v) is 5.19. The summed E-state index contributed by atoms with van der Waals surface area (Å²) in [6.45, 7) is 0.0933. The van der Waals surface area contributed by atoms with Crippen molar-refractivity contribution in [3.05, 3.63) is 54.2 Å². The zero-order chi connectivity index (χ0) is 12.1. The van der Waals surface area contributed by atoms with Crippen LogP contribution in [0.1, 0.15) is 5.69 Å². The summed E-state index contributed by atoms with van der Waals surface area (Å²) >= 11 is 0. The Morgan fingerprint density at radius 3 is 2.59 bits per heavy atom. The number of nitrogens with zero attached hydrogens (tertiary/aromatic N) is 1. The van der Waals surface area contributed by atoms with E-state index in [1.165, 1.54) is 0 Å². The lowest BCUT2D eigenvalue weighted by atomic mass is 10.1. The van der Waals surface area contributed by atoms with Crippen molar-refractivity contribution in [2.45, 2.75) is 6.61 Å². The lowest BCUT2D eigenvalue weighted by Gasteiger charge is -2.04. The molecule has 4 nitrogen and oxygen atoms in total. The maximum Gasteiger partial charge on any atom is 0.404 e. The number of carbonyl (C=O) groups is 1. The Morgan fingerprint density at radius 1 is 1.12 bits per heavy atom. The number of aromatic nitrogens is 1. The van der Waals surface area contributed by atoms with E-state index in [9.17, 15) is 4.79 Å². The summed E-state index contributed by atoms with van der Waals surface area (Å²) in [4.78, 5) is 14.9. The van der Waals surface area contributed by atoms with Crippen LogP contribution in [0.15, 0.2) is 48.5 Å². The van der Waals surface area contributed by atoms with Gasteiger partial charge >= 0.3 is 6.09 Å². The minimum Gasteiger partial charge on any atom is -0.443 e. The van der Waals surface area contributed by atoms with Gasteiger partial charge in [0.25, 0.3) is 0 Å². The highest BCUT2D eigenvalue weighted by atomic mass is 16.5. The molecule has 0 radical (unpaired) electrons. The molecule has 1 amide bonds. The van der Waals surface area contributed by atoms with Crippen molar-refractivity contribution in [1.82, 2.24) is 4.98 Å². The molecule has 0 aliphatic carbocycles. The van der Waals surface area contributed by atoms with Crippen LogP contribution in [0, 0.1) is 0 Å². The Balaban J connectivity index is 2.20. The number of rotatable bonds is 3. The predicted molar refractivity (Wildman–Crippen MR) is 64.0 cm³/mol. The zero-order valence-corrected chi connectivity index (χ0v) is 9.17. The van der Waals surface area contributed by atoms with E-state index in [1.807, 2.05) is 42.5 Å². The SMILES string of the molecule is NC(=O)OCc1cccc(-c2ccccc2)n1. The Bertz CT molecular complexity index is 512. The van der Waals surface area contributed by atoms with Gasteiger partial charge in [0.15, 0.2) is 0 Å². The number of benzene rings is 1. The lowest BCUT2D eigenvalue weighted by Crippen LogP contribution is -2.13. The fraction of sp³-hybridized carbons (Fsp3) is 0.0769. The van der Waals surface area contributed by atoms with Crippen molar-refractivity contribution in [2.24, 2.45) is 5.73 Å². The minimum atomic E-state index is -0.795. The molecule has 86 valence electrons. The Kier molecular flexibility index (Phi) is 3.35. The van der Waals surface area contributed by atoms with E-state index in [0.29, 0.717) is 5.69 Å². The lowest BCUT2D eigenvalue weighted by molar-refractivity contribution is 0.149. The van der Waals surface area contributed by atoms with Crippen LogP contribution in [-0.2, 0) is 11.3 Å². The van der Waals surface area contributed by atoms with E-state index in [4.69, 9.17) is 10.5 Å². The van der Waals surface area contributed by atoms with Gasteiger partial charge in [-0.3, -0.25) is 0 Å². The van der Waals surface area contributed by atoms with Gasteiger partial charge in [0, 0.05) is 5.56 Å². The summed E-state index contributed by atoms with van der Waals surface area (Å²) < 4.78 is 4.70. The maximum absolute atomic E-state index is 10.5. The number of ether oxygens (including phenoxy) is 1. The molecule has 1 aromatic carbocycles. The van der Waals surface area contributed by atoms with Gasteiger partial charge in [0.1, 0.15) is 6.61 Å². The van der Waals surface area contributed by atoms with Gasteiger partial charge in [-0.2, -0.15) is 0 Å². The van der Waals surface area contributed by atoms with E-state index in [-0.39, 0.29) is 6.61 Å². The molecule has 2 rings (SSSR count). The molecule has 2 aromatic rings. The monoisotopic (exact) mass is 228 g/mol. The van der Waals surface area contributed by atoms with Gasteiger partial charge in [0.2, 0.25) is 0 Å². The van der Waals surface area contributed by atoms with Gasteiger partial charge in [-0.15, -0.1) is 0 Å². The topological polar surface area (TPSA) is 65.2 Å². The summed E-state index contributed by atoms with van der Waals surface area (Å²) in [5, 5.41) is 0. The number of nitrogens with two attached hydrogens (primary N) is 1. The quantitative estimate of drug-likeness (QED) is 0.876. The first-order chi connectivity index (χ1) is 8.25. The molecule has 0 saturated carbocycles. The van der Waals surface area contributed by atoms with E-state index in [0.717, 1.165) is 11.3 Å². The number of pyridine rings is 1. The molecule has 0 fully saturated rings. The molecule has 0 saturated heterocycles.